The van der Waals surface area contributed by atoms with Gasteiger partial charge in [-0.25, -0.2) is 0 Å². The fourth-order valence-corrected chi connectivity index (χ4v) is 1.92. The van der Waals surface area contributed by atoms with E-state index in [-0.39, 0.29) is 0 Å². The molecule has 0 amide bonds. The molecule has 1 heterocycles. The van der Waals surface area contributed by atoms with E-state index in [0.717, 1.165) is 38.8 Å². The summed E-state index contributed by atoms with van der Waals surface area (Å²) in [6.07, 6.45) is 3.82. The van der Waals surface area contributed by atoms with Crippen LogP contribution in [0.3, 0.4) is 0 Å². The van der Waals surface area contributed by atoms with Crippen LogP contribution in [0.5, 0.6) is 0 Å². The molecule has 0 aromatic carbocycles. The Hall–Kier alpha value is -0.120. The molecular weight excluding hydrogens is 188 g/mol. The molecule has 0 saturated carbocycles. The second-order valence-electron chi connectivity index (χ2n) is 4.70. The first-order valence-corrected chi connectivity index (χ1v) is 6.31. The number of hydrogen-bond acceptors (Lipinski definition) is 3. The van der Waals surface area contributed by atoms with Gasteiger partial charge in [0, 0.05) is 32.3 Å². The molecule has 3 nitrogen and oxygen atoms in total. The van der Waals surface area contributed by atoms with E-state index in [1.165, 1.54) is 19.3 Å². The fourth-order valence-electron chi connectivity index (χ4n) is 1.92. The Morgan fingerprint density at radius 1 is 1.13 bits per heavy atom. The molecule has 0 spiro atoms. The molecule has 0 aromatic heterocycles. The molecular formula is C12H26N2O. The molecule has 0 bridgehead atoms. The summed E-state index contributed by atoms with van der Waals surface area (Å²) in [4.78, 5) is 0. The van der Waals surface area contributed by atoms with Gasteiger partial charge in [0.05, 0.1) is 0 Å². The maximum atomic E-state index is 5.34. The van der Waals surface area contributed by atoms with Crippen molar-refractivity contribution < 1.29 is 4.74 Å². The highest BCUT2D eigenvalue weighted by atomic mass is 16.5. The summed E-state index contributed by atoms with van der Waals surface area (Å²) in [5.41, 5.74) is 0. The number of nitrogens with one attached hydrogen (secondary N) is 2. The number of rotatable bonds is 7. The maximum Gasteiger partial charge on any atom is 0.0468 e. The van der Waals surface area contributed by atoms with Crippen LogP contribution in [0.1, 0.15) is 33.1 Å². The van der Waals surface area contributed by atoms with Gasteiger partial charge in [0.1, 0.15) is 0 Å². The molecule has 1 rings (SSSR count). The summed E-state index contributed by atoms with van der Waals surface area (Å²) < 4.78 is 5.34. The number of ether oxygens (including phenoxy) is 1. The summed E-state index contributed by atoms with van der Waals surface area (Å²) in [5.74, 6) is 0.893. The van der Waals surface area contributed by atoms with E-state index in [2.05, 4.69) is 24.5 Å². The lowest BCUT2D eigenvalue weighted by Gasteiger charge is -2.21. The molecule has 0 aromatic rings. The van der Waals surface area contributed by atoms with Gasteiger partial charge in [0.15, 0.2) is 0 Å². The summed E-state index contributed by atoms with van der Waals surface area (Å²) in [7, 11) is 0. The second-order valence-corrected chi connectivity index (χ2v) is 4.70. The van der Waals surface area contributed by atoms with Crippen LogP contribution in [-0.2, 0) is 4.74 Å². The van der Waals surface area contributed by atoms with Crippen LogP contribution in [0.25, 0.3) is 0 Å². The van der Waals surface area contributed by atoms with Gasteiger partial charge in [0.2, 0.25) is 0 Å². The first-order valence-electron chi connectivity index (χ1n) is 6.31. The van der Waals surface area contributed by atoms with Gasteiger partial charge >= 0.3 is 0 Å². The van der Waals surface area contributed by atoms with Crippen LogP contribution < -0.4 is 10.6 Å². The molecule has 1 aliphatic heterocycles. The van der Waals surface area contributed by atoms with Crippen molar-refractivity contribution in [3.8, 4) is 0 Å². The highest BCUT2D eigenvalue weighted by Gasteiger charge is 2.12. The van der Waals surface area contributed by atoms with E-state index >= 15 is 0 Å². The predicted octanol–water partition coefficient (Wildman–Crippen LogP) is 1.39. The smallest absolute Gasteiger partial charge is 0.0468 e. The van der Waals surface area contributed by atoms with Gasteiger partial charge < -0.3 is 15.4 Å². The largest absolute Gasteiger partial charge is 0.381 e. The van der Waals surface area contributed by atoms with Gasteiger partial charge in [-0.05, 0) is 31.7 Å². The van der Waals surface area contributed by atoms with Crippen molar-refractivity contribution in [2.24, 2.45) is 5.92 Å². The Balaban J connectivity index is 1.83. The molecule has 0 radical (unpaired) electrons. The molecule has 1 fully saturated rings. The zero-order valence-electron chi connectivity index (χ0n) is 10.2. The van der Waals surface area contributed by atoms with E-state index < -0.39 is 0 Å². The molecule has 15 heavy (non-hydrogen) atoms. The third-order valence-electron chi connectivity index (χ3n) is 2.92. The summed E-state index contributed by atoms with van der Waals surface area (Å²) >= 11 is 0. The second kappa shape index (κ2) is 8.08. The Kier molecular flexibility index (Phi) is 6.98. The molecule has 2 N–H and O–H groups in total. The van der Waals surface area contributed by atoms with Gasteiger partial charge in [0.25, 0.3) is 0 Å². The third kappa shape index (κ3) is 6.88. The van der Waals surface area contributed by atoms with Crippen molar-refractivity contribution in [3.63, 3.8) is 0 Å². The normalized spacial score (nSPS) is 18.6. The minimum atomic E-state index is 0.599. The minimum Gasteiger partial charge on any atom is -0.381 e. The Labute approximate surface area is 94.0 Å². The maximum absolute atomic E-state index is 5.34. The van der Waals surface area contributed by atoms with Crippen LogP contribution in [0.15, 0.2) is 0 Å². The lowest BCUT2D eigenvalue weighted by atomic mass is 9.97. The monoisotopic (exact) mass is 214 g/mol. The summed E-state index contributed by atoms with van der Waals surface area (Å²) in [5, 5.41) is 6.89. The zero-order valence-corrected chi connectivity index (χ0v) is 10.2. The van der Waals surface area contributed by atoms with Crippen molar-refractivity contribution >= 4 is 0 Å². The van der Waals surface area contributed by atoms with Gasteiger partial charge in [-0.15, -0.1) is 0 Å². The molecule has 90 valence electrons. The van der Waals surface area contributed by atoms with Gasteiger partial charge in [-0.3, -0.25) is 0 Å². The molecule has 0 unspecified atom stereocenters. The third-order valence-corrected chi connectivity index (χ3v) is 2.92. The van der Waals surface area contributed by atoms with Crippen molar-refractivity contribution in [3.05, 3.63) is 0 Å². The molecule has 0 atom stereocenters. The van der Waals surface area contributed by atoms with Crippen molar-refractivity contribution in [1.82, 2.24) is 10.6 Å². The van der Waals surface area contributed by atoms with Crippen LogP contribution in [0.4, 0.5) is 0 Å². The Bertz CT molecular complexity index is 145. The standard InChI is InChI=1S/C12H26N2O/c1-11(2)14-8-7-13-6-3-12-4-9-15-10-5-12/h11-14H,3-10H2,1-2H3. The lowest BCUT2D eigenvalue weighted by Crippen LogP contribution is -2.32. The molecule has 0 aliphatic carbocycles. The van der Waals surface area contributed by atoms with Crippen LogP contribution >= 0.6 is 0 Å². The Morgan fingerprint density at radius 2 is 1.87 bits per heavy atom. The quantitative estimate of drug-likeness (QED) is 0.628. The first-order chi connectivity index (χ1) is 7.29. The van der Waals surface area contributed by atoms with Gasteiger partial charge in [-0.2, -0.15) is 0 Å². The van der Waals surface area contributed by atoms with E-state index in [4.69, 9.17) is 4.74 Å². The van der Waals surface area contributed by atoms with Crippen LogP contribution in [0.2, 0.25) is 0 Å². The summed E-state index contributed by atoms with van der Waals surface area (Å²) in [6, 6.07) is 0.599. The summed E-state index contributed by atoms with van der Waals surface area (Å²) in [6.45, 7) is 9.63. The topological polar surface area (TPSA) is 33.3 Å². The fraction of sp³-hybridized carbons (Fsp3) is 1.00. The highest BCUT2D eigenvalue weighted by molar-refractivity contribution is 4.65. The zero-order chi connectivity index (χ0) is 10.9. The minimum absolute atomic E-state index is 0.599. The average molecular weight is 214 g/mol. The highest BCUT2D eigenvalue weighted by Crippen LogP contribution is 2.17. The van der Waals surface area contributed by atoms with E-state index in [1.54, 1.807) is 0 Å². The molecule has 3 heteroatoms. The van der Waals surface area contributed by atoms with Gasteiger partial charge in [-0.1, -0.05) is 13.8 Å². The SMILES string of the molecule is CC(C)NCCNCCC1CCOCC1. The first kappa shape index (κ1) is 12.9. The number of hydrogen-bond donors (Lipinski definition) is 2. The molecule has 1 saturated heterocycles. The van der Waals surface area contributed by atoms with E-state index in [0.29, 0.717) is 6.04 Å². The van der Waals surface area contributed by atoms with E-state index in [1.807, 2.05) is 0 Å². The van der Waals surface area contributed by atoms with Crippen molar-refractivity contribution in [2.45, 2.75) is 39.2 Å². The predicted molar refractivity (Wildman–Crippen MR) is 64.2 cm³/mol. The van der Waals surface area contributed by atoms with Crippen molar-refractivity contribution in [1.29, 1.82) is 0 Å². The van der Waals surface area contributed by atoms with Crippen LogP contribution in [-0.4, -0.2) is 38.9 Å². The van der Waals surface area contributed by atoms with Crippen molar-refractivity contribution in [2.75, 3.05) is 32.8 Å². The van der Waals surface area contributed by atoms with Crippen LogP contribution in [0, 0.1) is 5.92 Å². The average Bonchev–Trinajstić information content (AvgIpc) is 2.24. The van der Waals surface area contributed by atoms with E-state index in [9.17, 15) is 0 Å². The molecule has 1 aliphatic rings. The lowest BCUT2D eigenvalue weighted by molar-refractivity contribution is 0.0640. The Morgan fingerprint density at radius 3 is 2.53 bits per heavy atom.